The fourth-order valence-corrected chi connectivity index (χ4v) is 1.05. The molecule has 0 aromatic heterocycles. The monoisotopic (exact) mass is 130 g/mol. The highest BCUT2D eigenvalue weighted by atomic mass is 16.3. The van der Waals surface area contributed by atoms with Crippen LogP contribution in [0.3, 0.4) is 0 Å². The second-order valence-electron chi connectivity index (χ2n) is 2.74. The van der Waals surface area contributed by atoms with E-state index in [1.807, 2.05) is 6.92 Å². The minimum atomic E-state index is -0.0788. The highest BCUT2D eigenvalue weighted by molar-refractivity contribution is 4.60. The van der Waals surface area contributed by atoms with Crippen LogP contribution in [0.4, 0.5) is 0 Å². The first kappa shape index (κ1) is 8.96. The number of aliphatic hydroxyl groups is 1. The maximum Gasteiger partial charge on any atom is 0.0563 e. The topological polar surface area (TPSA) is 20.2 Å². The first-order valence-corrected chi connectivity index (χ1v) is 3.90. The number of hydrogen-bond donors (Lipinski definition) is 1. The summed E-state index contributed by atoms with van der Waals surface area (Å²) >= 11 is 0. The second-order valence-corrected chi connectivity index (χ2v) is 2.74. The third-order valence-electron chi connectivity index (χ3n) is 1.82. The van der Waals surface area contributed by atoms with Crippen LogP contribution in [0.2, 0.25) is 0 Å². The predicted molar refractivity (Wildman–Crippen MR) is 40.4 cm³/mol. The van der Waals surface area contributed by atoms with Gasteiger partial charge in [-0.15, -0.1) is 0 Å². The molecule has 0 fully saturated rings. The molecule has 0 saturated carbocycles. The summed E-state index contributed by atoms with van der Waals surface area (Å²) in [6.45, 7) is 6.29. The van der Waals surface area contributed by atoms with Gasteiger partial charge >= 0.3 is 0 Å². The van der Waals surface area contributed by atoms with Gasteiger partial charge in [-0.1, -0.05) is 27.2 Å². The van der Waals surface area contributed by atoms with Crippen LogP contribution in [-0.2, 0) is 0 Å². The van der Waals surface area contributed by atoms with Gasteiger partial charge in [0.05, 0.1) is 6.10 Å². The molecular formula is C8H18O. The maximum atomic E-state index is 9.26. The Morgan fingerprint density at radius 3 is 2.22 bits per heavy atom. The predicted octanol–water partition coefficient (Wildman–Crippen LogP) is 2.19. The molecule has 1 heteroatoms. The van der Waals surface area contributed by atoms with Gasteiger partial charge in [-0.2, -0.15) is 0 Å². The van der Waals surface area contributed by atoms with E-state index in [4.69, 9.17) is 0 Å². The molecule has 2 atom stereocenters. The van der Waals surface area contributed by atoms with E-state index in [9.17, 15) is 5.11 Å². The molecule has 1 N–H and O–H groups in total. The van der Waals surface area contributed by atoms with Crippen LogP contribution in [0.1, 0.15) is 40.0 Å². The van der Waals surface area contributed by atoms with E-state index in [2.05, 4.69) is 13.8 Å². The SMILES string of the molecule is CCC[C@@H](C)[C@H](O)CC. The zero-order chi connectivity index (χ0) is 7.28. The lowest BCUT2D eigenvalue weighted by Crippen LogP contribution is -2.15. The van der Waals surface area contributed by atoms with Gasteiger partial charge in [-0.3, -0.25) is 0 Å². The van der Waals surface area contributed by atoms with Gasteiger partial charge in [-0.25, -0.2) is 0 Å². The zero-order valence-corrected chi connectivity index (χ0v) is 6.72. The van der Waals surface area contributed by atoms with Crippen molar-refractivity contribution in [3.8, 4) is 0 Å². The molecule has 9 heavy (non-hydrogen) atoms. The summed E-state index contributed by atoms with van der Waals surface area (Å²) in [5.41, 5.74) is 0. The van der Waals surface area contributed by atoms with E-state index in [0.717, 1.165) is 12.8 Å². The van der Waals surface area contributed by atoms with Crippen molar-refractivity contribution in [1.82, 2.24) is 0 Å². The van der Waals surface area contributed by atoms with Gasteiger partial charge in [-0.05, 0) is 18.8 Å². The highest BCUT2D eigenvalue weighted by Crippen LogP contribution is 2.12. The molecule has 0 saturated heterocycles. The summed E-state index contributed by atoms with van der Waals surface area (Å²) in [7, 11) is 0. The van der Waals surface area contributed by atoms with E-state index in [0.29, 0.717) is 5.92 Å². The Kier molecular flexibility index (Phi) is 4.78. The lowest BCUT2D eigenvalue weighted by molar-refractivity contribution is 0.107. The molecule has 0 bridgehead atoms. The van der Waals surface area contributed by atoms with Crippen molar-refractivity contribution in [1.29, 1.82) is 0 Å². The van der Waals surface area contributed by atoms with E-state index in [1.54, 1.807) is 0 Å². The van der Waals surface area contributed by atoms with Crippen molar-refractivity contribution in [3.63, 3.8) is 0 Å². The van der Waals surface area contributed by atoms with Gasteiger partial charge in [0.2, 0.25) is 0 Å². The Hall–Kier alpha value is -0.0400. The Balaban J connectivity index is 3.32. The summed E-state index contributed by atoms with van der Waals surface area (Å²) in [5, 5.41) is 9.26. The number of rotatable bonds is 4. The first-order chi connectivity index (χ1) is 4.22. The van der Waals surface area contributed by atoms with Crippen molar-refractivity contribution in [2.24, 2.45) is 5.92 Å². The Morgan fingerprint density at radius 2 is 1.89 bits per heavy atom. The largest absolute Gasteiger partial charge is 0.393 e. The van der Waals surface area contributed by atoms with Crippen molar-refractivity contribution >= 4 is 0 Å². The molecule has 0 aliphatic carbocycles. The quantitative estimate of drug-likeness (QED) is 0.618. The maximum absolute atomic E-state index is 9.26. The van der Waals surface area contributed by atoms with Gasteiger partial charge in [0, 0.05) is 0 Å². The molecule has 0 radical (unpaired) electrons. The summed E-state index contributed by atoms with van der Waals surface area (Å²) in [5.74, 6) is 0.486. The van der Waals surface area contributed by atoms with Crippen molar-refractivity contribution in [3.05, 3.63) is 0 Å². The van der Waals surface area contributed by atoms with Gasteiger partial charge in [0.25, 0.3) is 0 Å². The number of hydrogen-bond acceptors (Lipinski definition) is 1. The van der Waals surface area contributed by atoms with Gasteiger partial charge < -0.3 is 5.11 Å². The molecule has 0 amide bonds. The second kappa shape index (κ2) is 4.80. The fraction of sp³-hybridized carbons (Fsp3) is 1.00. The zero-order valence-electron chi connectivity index (χ0n) is 6.72. The van der Waals surface area contributed by atoms with Crippen molar-refractivity contribution in [2.75, 3.05) is 0 Å². The van der Waals surface area contributed by atoms with Crippen LogP contribution in [0, 0.1) is 5.92 Å². The third kappa shape index (κ3) is 3.52. The average Bonchev–Trinajstić information content (AvgIpc) is 1.87. The fourth-order valence-electron chi connectivity index (χ4n) is 1.05. The summed E-state index contributed by atoms with van der Waals surface area (Å²) < 4.78 is 0. The Labute approximate surface area is 58.1 Å². The van der Waals surface area contributed by atoms with Gasteiger partial charge in [0.15, 0.2) is 0 Å². The van der Waals surface area contributed by atoms with E-state index < -0.39 is 0 Å². The average molecular weight is 130 g/mol. The molecule has 0 spiro atoms. The van der Waals surface area contributed by atoms with E-state index in [-0.39, 0.29) is 6.10 Å². The van der Waals surface area contributed by atoms with Crippen LogP contribution < -0.4 is 0 Å². The summed E-state index contributed by atoms with van der Waals surface area (Å²) in [6, 6.07) is 0. The minimum Gasteiger partial charge on any atom is -0.393 e. The highest BCUT2D eigenvalue weighted by Gasteiger charge is 2.09. The molecule has 1 nitrogen and oxygen atoms in total. The van der Waals surface area contributed by atoms with Crippen LogP contribution in [0.5, 0.6) is 0 Å². The minimum absolute atomic E-state index is 0.0788. The normalized spacial score (nSPS) is 17.3. The standard InChI is InChI=1S/C8H18O/c1-4-6-7(3)8(9)5-2/h7-9H,4-6H2,1-3H3/t7-,8-/m1/s1. The van der Waals surface area contributed by atoms with Crippen LogP contribution in [0.15, 0.2) is 0 Å². The summed E-state index contributed by atoms with van der Waals surface area (Å²) in [4.78, 5) is 0. The Morgan fingerprint density at radius 1 is 1.33 bits per heavy atom. The summed E-state index contributed by atoms with van der Waals surface area (Å²) in [6.07, 6.45) is 3.14. The lowest BCUT2D eigenvalue weighted by atomic mass is 9.98. The van der Waals surface area contributed by atoms with E-state index >= 15 is 0 Å². The molecule has 0 aromatic rings. The molecule has 56 valence electrons. The molecule has 0 unspecified atom stereocenters. The molecular weight excluding hydrogens is 112 g/mol. The van der Waals surface area contributed by atoms with Crippen LogP contribution >= 0.6 is 0 Å². The lowest BCUT2D eigenvalue weighted by Gasteiger charge is -2.15. The smallest absolute Gasteiger partial charge is 0.0563 e. The Bertz CT molecular complexity index is 61.6. The molecule has 0 heterocycles. The molecule has 0 rings (SSSR count). The van der Waals surface area contributed by atoms with Crippen molar-refractivity contribution in [2.45, 2.75) is 46.1 Å². The van der Waals surface area contributed by atoms with Crippen LogP contribution in [0.25, 0.3) is 0 Å². The number of aliphatic hydroxyl groups excluding tert-OH is 1. The van der Waals surface area contributed by atoms with E-state index in [1.165, 1.54) is 6.42 Å². The van der Waals surface area contributed by atoms with Gasteiger partial charge in [0.1, 0.15) is 0 Å². The molecule has 0 aromatic carbocycles. The molecule has 0 aliphatic heterocycles. The molecule has 0 aliphatic rings. The van der Waals surface area contributed by atoms with Crippen molar-refractivity contribution < 1.29 is 5.11 Å². The van der Waals surface area contributed by atoms with Crippen LogP contribution in [-0.4, -0.2) is 11.2 Å². The first-order valence-electron chi connectivity index (χ1n) is 3.90. The third-order valence-corrected chi connectivity index (χ3v) is 1.82.